The number of likely N-dealkylation sites (N-methyl/N-ethyl adjacent to an activating group) is 1. The van der Waals surface area contributed by atoms with Crippen LogP contribution in [0.5, 0.6) is 0 Å². The molecule has 0 N–H and O–H groups in total. The molecular weight excluding hydrogens is 262 g/mol. The number of carbonyl (C=O) groups excluding carboxylic acids is 2. The molecule has 1 heterocycles. The number of hydrogen-bond acceptors (Lipinski definition) is 2. The van der Waals surface area contributed by atoms with Gasteiger partial charge in [-0.25, -0.2) is 0 Å². The normalized spacial score (nSPS) is 21.9. The van der Waals surface area contributed by atoms with Crippen molar-refractivity contribution in [2.24, 2.45) is 0 Å². The fourth-order valence-corrected chi connectivity index (χ4v) is 3.03. The lowest BCUT2D eigenvalue weighted by atomic mass is 9.83. The molecule has 0 bridgehead atoms. The van der Waals surface area contributed by atoms with Gasteiger partial charge >= 0.3 is 0 Å². The van der Waals surface area contributed by atoms with Crippen LogP contribution in [0.25, 0.3) is 0 Å². The summed E-state index contributed by atoms with van der Waals surface area (Å²) in [5.74, 6) is -1.02. The summed E-state index contributed by atoms with van der Waals surface area (Å²) in [7, 11) is 0. The monoisotopic (exact) mass is 279 g/mol. The molecule has 1 saturated heterocycles. The van der Waals surface area contributed by atoms with E-state index < -0.39 is 11.8 Å². The summed E-state index contributed by atoms with van der Waals surface area (Å²) in [6, 6.07) is 19.1. The Kier molecular flexibility index (Phi) is 3.57. The first kappa shape index (κ1) is 13.6. The zero-order valence-corrected chi connectivity index (χ0v) is 11.9. The Hall–Kier alpha value is -2.42. The Morgan fingerprint density at radius 2 is 1.14 bits per heavy atom. The van der Waals surface area contributed by atoms with Crippen molar-refractivity contribution in [3.05, 3.63) is 71.8 Å². The second kappa shape index (κ2) is 5.52. The van der Waals surface area contributed by atoms with Crippen LogP contribution in [0.15, 0.2) is 60.7 Å². The molecule has 1 fully saturated rings. The van der Waals surface area contributed by atoms with Gasteiger partial charge in [-0.1, -0.05) is 60.7 Å². The molecule has 1 aliphatic heterocycles. The predicted molar refractivity (Wildman–Crippen MR) is 80.8 cm³/mol. The molecular formula is C18H17NO2. The van der Waals surface area contributed by atoms with Crippen LogP contribution >= 0.6 is 0 Å². The van der Waals surface area contributed by atoms with Gasteiger partial charge in [-0.15, -0.1) is 0 Å². The number of likely N-dealkylation sites (tertiary alicyclic amines) is 1. The quantitative estimate of drug-likeness (QED) is 0.810. The van der Waals surface area contributed by atoms with Crippen LogP contribution in [0.2, 0.25) is 0 Å². The van der Waals surface area contributed by atoms with E-state index in [1.165, 1.54) is 4.90 Å². The molecule has 2 aromatic carbocycles. The number of imide groups is 1. The van der Waals surface area contributed by atoms with E-state index in [2.05, 4.69) is 0 Å². The number of amides is 2. The van der Waals surface area contributed by atoms with E-state index in [0.717, 1.165) is 11.1 Å². The summed E-state index contributed by atoms with van der Waals surface area (Å²) >= 11 is 0. The van der Waals surface area contributed by atoms with Crippen molar-refractivity contribution in [1.82, 2.24) is 4.90 Å². The van der Waals surface area contributed by atoms with E-state index in [1.807, 2.05) is 67.6 Å². The van der Waals surface area contributed by atoms with E-state index in [0.29, 0.717) is 6.54 Å². The lowest BCUT2D eigenvalue weighted by molar-refractivity contribution is -0.138. The summed E-state index contributed by atoms with van der Waals surface area (Å²) in [4.78, 5) is 26.6. The first-order chi connectivity index (χ1) is 10.2. The maximum Gasteiger partial charge on any atom is 0.237 e. The predicted octanol–water partition coefficient (Wildman–Crippen LogP) is 2.94. The lowest BCUT2D eigenvalue weighted by Gasteiger charge is -2.15. The van der Waals surface area contributed by atoms with E-state index in [1.54, 1.807) is 0 Å². The topological polar surface area (TPSA) is 37.4 Å². The molecule has 2 amide bonds. The van der Waals surface area contributed by atoms with Crippen molar-refractivity contribution in [3.8, 4) is 0 Å². The molecule has 21 heavy (non-hydrogen) atoms. The third-order valence-electron chi connectivity index (χ3n) is 4.03. The first-order valence-corrected chi connectivity index (χ1v) is 7.19. The Labute approximate surface area is 124 Å². The van der Waals surface area contributed by atoms with Gasteiger partial charge < -0.3 is 0 Å². The maximum atomic E-state index is 12.6. The van der Waals surface area contributed by atoms with E-state index in [-0.39, 0.29) is 11.8 Å². The largest absolute Gasteiger partial charge is 0.282 e. The van der Waals surface area contributed by atoms with Gasteiger partial charge in [0.05, 0.1) is 11.8 Å². The second-order valence-electron chi connectivity index (χ2n) is 5.20. The summed E-state index contributed by atoms with van der Waals surface area (Å²) in [5, 5.41) is 0. The Morgan fingerprint density at radius 3 is 1.48 bits per heavy atom. The third kappa shape index (κ3) is 2.25. The zero-order valence-electron chi connectivity index (χ0n) is 11.9. The minimum Gasteiger partial charge on any atom is -0.282 e. The van der Waals surface area contributed by atoms with Crippen LogP contribution in [0, 0.1) is 0 Å². The van der Waals surface area contributed by atoms with Gasteiger partial charge in [0.1, 0.15) is 0 Å². The number of benzene rings is 2. The molecule has 2 aromatic rings. The highest BCUT2D eigenvalue weighted by Crippen LogP contribution is 2.41. The van der Waals surface area contributed by atoms with Crippen molar-refractivity contribution in [2.75, 3.05) is 6.54 Å². The Morgan fingerprint density at radius 1 is 0.762 bits per heavy atom. The number of hydrogen-bond donors (Lipinski definition) is 0. The second-order valence-corrected chi connectivity index (χ2v) is 5.20. The van der Waals surface area contributed by atoms with Crippen LogP contribution in [0.3, 0.4) is 0 Å². The van der Waals surface area contributed by atoms with Crippen molar-refractivity contribution >= 4 is 11.8 Å². The van der Waals surface area contributed by atoms with Crippen LogP contribution in [-0.4, -0.2) is 23.3 Å². The van der Waals surface area contributed by atoms with Gasteiger partial charge in [-0.2, -0.15) is 0 Å². The molecule has 0 radical (unpaired) electrons. The molecule has 0 aromatic heterocycles. The average Bonchev–Trinajstić information content (AvgIpc) is 2.79. The van der Waals surface area contributed by atoms with Gasteiger partial charge in [-0.05, 0) is 18.1 Å². The molecule has 0 spiro atoms. The SMILES string of the molecule is CCN1C(=O)[C@@H](c2ccccc2)[C@H](c2ccccc2)C1=O. The van der Waals surface area contributed by atoms with Crippen molar-refractivity contribution in [1.29, 1.82) is 0 Å². The van der Waals surface area contributed by atoms with Gasteiger partial charge in [0.15, 0.2) is 0 Å². The first-order valence-electron chi connectivity index (χ1n) is 7.19. The highest BCUT2D eigenvalue weighted by Gasteiger charge is 2.48. The molecule has 3 heteroatoms. The van der Waals surface area contributed by atoms with Gasteiger partial charge in [-0.3, -0.25) is 14.5 Å². The summed E-state index contributed by atoms with van der Waals surface area (Å²) in [6.07, 6.45) is 0. The van der Waals surface area contributed by atoms with Crippen LogP contribution in [0.4, 0.5) is 0 Å². The minimum atomic E-state index is -0.416. The minimum absolute atomic E-state index is 0.0949. The Balaban J connectivity index is 2.10. The molecule has 0 saturated carbocycles. The summed E-state index contributed by atoms with van der Waals surface area (Å²) < 4.78 is 0. The Bertz CT molecular complexity index is 594. The smallest absolute Gasteiger partial charge is 0.237 e. The molecule has 1 aliphatic rings. The lowest BCUT2D eigenvalue weighted by Crippen LogP contribution is -2.30. The van der Waals surface area contributed by atoms with Crippen molar-refractivity contribution < 1.29 is 9.59 Å². The maximum absolute atomic E-state index is 12.6. The fourth-order valence-electron chi connectivity index (χ4n) is 3.03. The number of carbonyl (C=O) groups is 2. The molecule has 2 atom stereocenters. The zero-order chi connectivity index (χ0) is 14.8. The average molecular weight is 279 g/mol. The molecule has 3 nitrogen and oxygen atoms in total. The summed E-state index contributed by atoms with van der Waals surface area (Å²) in [6.45, 7) is 2.26. The highest BCUT2D eigenvalue weighted by atomic mass is 16.2. The van der Waals surface area contributed by atoms with Crippen LogP contribution in [-0.2, 0) is 9.59 Å². The third-order valence-corrected chi connectivity index (χ3v) is 4.03. The van der Waals surface area contributed by atoms with E-state index >= 15 is 0 Å². The van der Waals surface area contributed by atoms with Crippen molar-refractivity contribution in [2.45, 2.75) is 18.8 Å². The molecule has 0 aliphatic carbocycles. The van der Waals surface area contributed by atoms with Crippen LogP contribution in [0.1, 0.15) is 29.9 Å². The molecule has 106 valence electrons. The summed E-state index contributed by atoms with van der Waals surface area (Å²) in [5.41, 5.74) is 1.81. The molecule has 3 rings (SSSR count). The van der Waals surface area contributed by atoms with E-state index in [9.17, 15) is 9.59 Å². The number of nitrogens with zero attached hydrogens (tertiary/aromatic N) is 1. The van der Waals surface area contributed by atoms with Gasteiger partial charge in [0.25, 0.3) is 0 Å². The van der Waals surface area contributed by atoms with Crippen molar-refractivity contribution in [3.63, 3.8) is 0 Å². The fraction of sp³-hybridized carbons (Fsp3) is 0.222. The highest BCUT2D eigenvalue weighted by molar-refractivity contribution is 6.10. The van der Waals surface area contributed by atoms with Gasteiger partial charge in [0, 0.05) is 6.54 Å². The standard InChI is InChI=1S/C18H17NO2/c1-2-19-17(20)15(13-9-5-3-6-10-13)16(18(19)21)14-11-7-4-8-12-14/h3-12,15-16H,2H2,1H3/t15-,16-/m0/s1. The number of rotatable bonds is 3. The molecule has 0 unspecified atom stereocenters. The van der Waals surface area contributed by atoms with Crippen LogP contribution < -0.4 is 0 Å². The van der Waals surface area contributed by atoms with Gasteiger partial charge in [0.2, 0.25) is 11.8 Å². The van der Waals surface area contributed by atoms with E-state index in [4.69, 9.17) is 0 Å².